The van der Waals surface area contributed by atoms with Crippen molar-refractivity contribution in [2.75, 3.05) is 11.1 Å². The number of allylic oxidation sites excluding steroid dienone is 1. The Bertz CT molecular complexity index is 1100. The fourth-order valence-electron chi connectivity index (χ4n) is 3.42. The third kappa shape index (κ3) is 5.92. The number of carbonyl (C=O) groups excluding carboxylic acids is 1. The van der Waals surface area contributed by atoms with Gasteiger partial charge in [0, 0.05) is 15.8 Å². The minimum absolute atomic E-state index is 0.0797. The Balaban J connectivity index is 1.67. The number of rotatable bonds is 9. The van der Waals surface area contributed by atoms with E-state index in [1.807, 2.05) is 50.5 Å². The van der Waals surface area contributed by atoms with Crippen LogP contribution in [0.4, 0.5) is 5.69 Å². The van der Waals surface area contributed by atoms with Crippen molar-refractivity contribution >= 4 is 45.9 Å². The molecular weight excluding hydrogens is 535 g/mol. The zero-order valence-corrected chi connectivity index (χ0v) is 21.7. The molecule has 0 atom stereocenters. The fraction of sp³-hybridized carbons (Fsp3) is 0.292. The van der Waals surface area contributed by atoms with Crippen LogP contribution in [0.2, 0.25) is 0 Å². The lowest BCUT2D eigenvalue weighted by atomic mass is 10.1. The molecule has 0 radical (unpaired) electrons. The Labute approximate surface area is 207 Å². The Morgan fingerprint density at radius 1 is 1.16 bits per heavy atom. The van der Waals surface area contributed by atoms with Gasteiger partial charge in [0.15, 0.2) is 11.0 Å². The van der Waals surface area contributed by atoms with Gasteiger partial charge in [-0.05, 0) is 84.7 Å². The molecule has 1 aromatic heterocycles. The highest BCUT2D eigenvalue weighted by Crippen LogP contribution is 2.26. The van der Waals surface area contributed by atoms with Crippen LogP contribution in [0.1, 0.15) is 28.1 Å². The van der Waals surface area contributed by atoms with E-state index >= 15 is 0 Å². The summed E-state index contributed by atoms with van der Waals surface area (Å²) in [5.41, 5.74) is 5.12. The average Bonchev–Trinajstić information content (AvgIpc) is 3.11. The molecule has 6 nitrogen and oxygen atoms in total. The first-order chi connectivity index (χ1) is 15.3. The number of anilines is 1. The van der Waals surface area contributed by atoms with Crippen LogP contribution in [-0.4, -0.2) is 26.4 Å². The third-order valence-electron chi connectivity index (χ3n) is 4.95. The minimum Gasteiger partial charge on any atom is -0.485 e. The number of carbonyl (C=O) groups is 1. The van der Waals surface area contributed by atoms with Gasteiger partial charge in [-0.1, -0.05) is 36.0 Å². The first-order valence-corrected chi connectivity index (χ1v) is 12.3. The van der Waals surface area contributed by atoms with E-state index in [0.717, 1.165) is 37.3 Å². The third-order valence-corrected chi connectivity index (χ3v) is 6.54. The van der Waals surface area contributed by atoms with Gasteiger partial charge < -0.3 is 10.1 Å². The molecular formula is C24H27IN4O2S. The molecule has 3 rings (SSSR count). The van der Waals surface area contributed by atoms with Gasteiger partial charge in [-0.15, -0.1) is 16.8 Å². The Hall–Kier alpha value is -2.33. The van der Waals surface area contributed by atoms with Crippen molar-refractivity contribution in [3.63, 3.8) is 0 Å². The maximum Gasteiger partial charge on any atom is 0.234 e. The number of hydrogen-bond donors (Lipinski definition) is 1. The van der Waals surface area contributed by atoms with E-state index in [1.54, 1.807) is 6.08 Å². The second-order valence-corrected chi connectivity index (χ2v) is 9.75. The highest BCUT2D eigenvalue weighted by molar-refractivity contribution is 14.1. The molecule has 32 heavy (non-hydrogen) atoms. The molecule has 0 spiro atoms. The van der Waals surface area contributed by atoms with Crippen LogP contribution in [0.5, 0.6) is 5.75 Å². The second kappa shape index (κ2) is 11.0. The number of hydrogen-bond acceptors (Lipinski definition) is 5. The zero-order chi connectivity index (χ0) is 23.3. The summed E-state index contributed by atoms with van der Waals surface area (Å²) in [6.07, 6.45) is 1.79. The lowest BCUT2D eigenvalue weighted by molar-refractivity contribution is -0.113. The number of thioether (sulfide) groups is 1. The van der Waals surface area contributed by atoms with Crippen molar-refractivity contribution < 1.29 is 9.53 Å². The predicted octanol–water partition coefficient (Wildman–Crippen LogP) is 5.61. The minimum atomic E-state index is -0.0797. The summed E-state index contributed by atoms with van der Waals surface area (Å²) in [5.74, 6) is 1.71. The van der Waals surface area contributed by atoms with Crippen LogP contribution in [0.25, 0.3) is 0 Å². The monoisotopic (exact) mass is 562 g/mol. The number of aromatic nitrogens is 3. The van der Waals surface area contributed by atoms with Crippen molar-refractivity contribution in [1.29, 1.82) is 0 Å². The molecule has 0 fully saturated rings. The number of ether oxygens (including phenoxy) is 1. The lowest BCUT2D eigenvalue weighted by Gasteiger charge is -2.13. The first kappa shape index (κ1) is 24.3. The van der Waals surface area contributed by atoms with Crippen LogP contribution in [0, 0.1) is 31.3 Å². The quantitative estimate of drug-likeness (QED) is 0.209. The van der Waals surface area contributed by atoms with E-state index in [0.29, 0.717) is 24.1 Å². The molecule has 0 aliphatic carbocycles. The summed E-state index contributed by atoms with van der Waals surface area (Å²) in [5, 5.41) is 12.3. The van der Waals surface area contributed by atoms with Crippen LogP contribution in [0.15, 0.2) is 48.1 Å². The highest BCUT2D eigenvalue weighted by atomic mass is 127. The summed E-state index contributed by atoms with van der Waals surface area (Å²) in [6, 6.07) is 10.2. The molecule has 3 aromatic rings. The molecule has 1 N–H and O–H groups in total. The van der Waals surface area contributed by atoms with E-state index < -0.39 is 0 Å². The van der Waals surface area contributed by atoms with Gasteiger partial charge >= 0.3 is 0 Å². The molecule has 1 heterocycles. The Morgan fingerprint density at radius 3 is 2.44 bits per heavy atom. The van der Waals surface area contributed by atoms with Gasteiger partial charge in [-0.25, -0.2) is 0 Å². The van der Waals surface area contributed by atoms with Gasteiger partial charge in [-0.2, -0.15) is 0 Å². The Morgan fingerprint density at radius 2 is 1.81 bits per heavy atom. The summed E-state index contributed by atoms with van der Waals surface area (Å²) in [7, 11) is 0. The van der Waals surface area contributed by atoms with E-state index in [1.165, 1.54) is 11.8 Å². The van der Waals surface area contributed by atoms with Crippen molar-refractivity contribution in [3.05, 3.63) is 74.6 Å². The van der Waals surface area contributed by atoms with E-state index in [9.17, 15) is 4.79 Å². The molecule has 0 unspecified atom stereocenters. The molecule has 0 saturated heterocycles. The van der Waals surface area contributed by atoms with Gasteiger partial charge in [-0.3, -0.25) is 9.36 Å². The van der Waals surface area contributed by atoms with Crippen molar-refractivity contribution in [3.8, 4) is 5.75 Å². The number of aryl methyl sites for hydroxylation is 4. The largest absolute Gasteiger partial charge is 0.485 e. The molecule has 1 amide bonds. The van der Waals surface area contributed by atoms with Crippen molar-refractivity contribution in [2.24, 2.45) is 0 Å². The number of nitrogens with one attached hydrogen (secondary N) is 1. The van der Waals surface area contributed by atoms with E-state index in [4.69, 9.17) is 4.74 Å². The van der Waals surface area contributed by atoms with Crippen LogP contribution in [-0.2, 0) is 17.9 Å². The van der Waals surface area contributed by atoms with E-state index in [-0.39, 0.29) is 11.7 Å². The molecule has 0 aliphatic rings. The van der Waals surface area contributed by atoms with Gasteiger partial charge in [0.25, 0.3) is 0 Å². The molecule has 0 saturated carbocycles. The van der Waals surface area contributed by atoms with Gasteiger partial charge in [0.1, 0.15) is 12.4 Å². The average molecular weight is 562 g/mol. The number of para-hydroxylation sites is 1. The molecule has 2 aromatic carbocycles. The zero-order valence-electron chi connectivity index (χ0n) is 18.7. The van der Waals surface area contributed by atoms with Gasteiger partial charge in [0.2, 0.25) is 5.91 Å². The maximum atomic E-state index is 12.6. The summed E-state index contributed by atoms with van der Waals surface area (Å²) < 4.78 is 9.13. The molecule has 0 bridgehead atoms. The first-order valence-electron chi connectivity index (χ1n) is 10.2. The molecule has 8 heteroatoms. The standard InChI is InChI=1S/C24H27IN4O2S/c1-6-10-29-20(13-31-23-15(2)8-7-9-16(23)3)27-28-24(29)32-14-21(30)26-22-17(4)11-19(25)12-18(22)5/h6-9,11-12H,1,10,13-14H2,2-5H3,(H,26,30). The number of amides is 1. The number of nitrogens with zero attached hydrogens (tertiary/aromatic N) is 3. The maximum absolute atomic E-state index is 12.6. The smallest absolute Gasteiger partial charge is 0.234 e. The summed E-state index contributed by atoms with van der Waals surface area (Å²) >= 11 is 3.63. The van der Waals surface area contributed by atoms with Gasteiger partial charge in [0.05, 0.1) is 5.75 Å². The molecule has 168 valence electrons. The topological polar surface area (TPSA) is 69.0 Å². The summed E-state index contributed by atoms with van der Waals surface area (Å²) in [4.78, 5) is 12.6. The predicted molar refractivity (Wildman–Crippen MR) is 138 cm³/mol. The molecule has 0 aliphatic heterocycles. The van der Waals surface area contributed by atoms with E-state index in [2.05, 4.69) is 56.8 Å². The van der Waals surface area contributed by atoms with Crippen molar-refractivity contribution in [1.82, 2.24) is 14.8 Å². The normalized spacial score (nSPS) is 10.8. The fourth-order valence-corrected chi connectivity index (χ4v) is 5.12. The number of benzene rings is 2. The SMILES string of the molecule is C=CCn1c(COc2c(C)cccc2C)nnc1SCC(=O)Nc1c(C)cc(I)cc1C. The summed E-state index contributed by atoms with van der Waals surface area (Å²) in [6.45, 7) is 12.7. The van der Waals surface area contributed by atoms with Crippen molar-refractivity contribution in [2.45, 2.75) is 46.0 Å². The van der Waals surface area contributed by atoms with Crippen LogP contribution < -0.4 is 10.1 Å². The number of halogens is 1. The van der Waals surface area contributed by atoms with Crippen LogP contribution >= 0.6 is 34.4 Å². The Kier molecular flexibility index (Phi) is 8.36. The van der Waals surface area contributed by atoms with Crippen LogP contribution in [0.3, 0.4) is 0 Å². The highest BCUT2D eigenvalue weighted by Gasteiger charge is 2.16. The second-order valence-electron chi connectivity index (χ2n) is 7.56. The lowest BCUT2D eigenvalue weighted by Crippen LogP contribution is -2.16.